The maximum Gasteiger partial charge on any atom is 0.252 e. The fourth-order valence-electron chi connectivity index (χ4n) is 13.9. The van der Waals surface area contributed by atoms with Gasteiger partial charge in [0.15, 0.2) is 0 Å². The highest BCUT2D eigenvalue weighted by Gasteiger charge is 2.49. The molecule has 0 amide bonds. The van der Waals surface area contributed by atoms with Gasteiger partial charge in [0, 0.05) is 55.2 Å². The Morgan fingerprint density at radius 2 is 1.01 bits per heavy atom. The molecule has 0 fully saturated rings. The van der Waals surface area contributed by atoms with E-state index in [0.717, 1.165) is 80.6 Å². The van der Waals surface area contributed by atoms with Gasteiger partial charge in [-0.3, -0.25) is 0 Å². The molecule has 0 N–H and O–H groups in total. The minimum absolute atomic E-state index is 0.0255. The van der Waals surface area contributed by atoms with E-state index < -0.39 is 6.85 Å². The number of hydrogen-bond acceptors (Lipinski definition) is 3. The van der Waals surface area contributed by atoms with Gasteiger partial charge >= 0.3 is 0 Å². The highest BCUT2D eigenvalue weighted by molar-refractivity contribution is 7.00. The summed E-state index contributed by atoms with van der Waals surface area (Å²) >= 11 is 0. The summed E-state index contributed by atoms with van der Waals surface area (Å²) in [6.45, 7) is 23.3. The van der Waals surface area contributed by atoms with E-state index in [9.17, 15) is 4.11 Å². The largest absolute Gasteiger partial charge is 0.311 e. The fourth-order valence-corrected chi connectivity index (χ4v) is 13.9. The Bertz CT molecular complexity index is 3510. The number of rotatable bonds is 6. The minimum atomic E-state index is -2.41. The van der Waals surface area contributed by atoms with Crippen molar-refractivity contribution >= 4 is 74.3 Å². The van der Waals surface area contributed by atoms with Gasteiger partial charge in [0.05, 0.1) is 5.69 Å². The van der Waals surface area contributed by atoms with Gasteiger partial charge in [-0.25, -0.2) is 0 Å². The first kappa shape index (κ1) is 42.0. The second kappa shape index (κ2) is 15.6. The molecule has 4 heteroatoms. The van der Waals surface area contributed by atoms with Crippen molar-refractivity contribution in [3.8, 4) is 11.1 Å². The van der Waals surface area contributed by atoms with Gasteiger partial charge in [-0.1, -0.05) is 167 Å². The number of anilines is 9. The van der Waals surface area contributed by atoms with E-state index in [4.69, 9.17) is 0 Å². The zero-order chi connectivity index (χ0) is 52.1. The molecule has 354 valence electrons. The summed E-state index contributed by atoms with van der Waals surface area (Å²) in [6.07, 6.45) is 2.08. The number of para-hydroxylation sites is 2. The molecule has 0 aromatic heterocycles. The first-order valence-electron chi connectivity index (χ1n) is 27.3. The van der Waals surface area contributed by atoms with Crippen LogP contribution in [0.1, 0.15) is 126 Å². The Balaban J connectivity index is 1.23. The summed E-state index contributed by atoms with van der Waals surface area (Å²) in [5, 5.41) is 0. The van der Waals surface area contributed by atoms with E-state index in [2.05, 4.69) is 249 Å². The summed E-state index contributed by atoms with van der Waals surface area (Å²) in [6, 6.07) is 62.1. The Hall–Kier alpha value is -6.78. The summed E-state index contributed by atoms with van der Waals surface area (Å²) in [5.74, 6) is 0. The second-order valence-electron chi connectivity index (χ2n) is 24.7. The van der Waals surface area contributed by atoms with Crippen LogP contribution in [-0.2, 0) is 27.1 Å². The number of benzene rings is 8. The Morgan fingerprint density at radius 3 is 1.62 bits per heavy atom. The van der Waals surface area contributed by atoms with Crippen molar-refractivity contribution in [2.45, 2.75) is 123 Å². The standard InChI is InChI=1S/C67H68BN3/c1-43-34-60-62-61(35-43)71(57-33-28-45(63(2,3)4)36-50(57)44-22-16-13-17-23-44)58-38-49(69(46-24-18-14-19-25-46)47-26-20-15-21-27-47)30-32-55(58)68(62)56-39-53-54(67(11,12)42-66(53,9)10)40-59(56)70(60)48-29-31-51-52(37-48)65(7,8)41-64(51,5)6/h13-40H,41-42H2,1-12H3/i1D3. The van der Waals surface area contributed by atoms with E-state index in [1.54, 1.807) is 0 Å². The van der Waals surface area contributed by atoms with Crippen LogP contribution in [0.5, 0.6) is 0 Å². The van der Waals surface area contributed by atoms with Crippen LogP contribution >= 0.6 is 0 Å². The zero-order valence-electron chi connectivity index (χ0n) is 46.5. The van der Waals surface area contributed by atoms with Gasteiger partial charge in [-0.15, -0.1) is 0 Å². The lowest BCUT2D eigenvalue weighted by atomic mass is 9.33. The van der Waals surface area contributed by atoms with Crippen molar-refractivity contribution in [2.24, 2.45) is 0 Å². The Kier molecular flexibility index (Phi) is 9.23. The lowest BCUT2D eigenvalue weighted by Gasteiger charge is -2.45. The maximum atomic E-state index is 9.30. The molecule has 12 rings (SSSR count). The lowest BCUT2D eigenvalue weighted by molar-refractivity contribution is 0.403. The minimum Gasteiger partial charge on any atom is -0.311 e. The molecule has 71 heavy (non-hydrogen) atoms. The molecular weight excluding hydrogens is 858 g/mol. The van der Waals surface area contributed by atoms with Crippen molar-refractivity contribution in [3.05, 3.63) is 203 Å². The van der Waals surface area contributed by atoms with E-state index >= 15 is 0 Å². The molecule has 0 unspecified atom stereocenters. The predicted octanol–water partition coefficient (Wildman–Crippen LogP) is 16.4. The smallest absolute Gasteiger partial charge is 0.252 e. The van der Waals surface area contributed by atoms with E-state index in [-0.39, 0.29) is 33.8 Å². The SMILES string of the molecule is [2H]C([2H])([2H])c1cc2c3c(c1)N(c1ccc(C(C)(C)C)cc1-c1ccccc1)c1cc(N(c4ccccc4)c4ccccc4)ccc1B3c1cc3c(cc1N2c1ccc2c(c1)C(C)(C)CC2(C)C)C(C)(C)CC3(C)C. The van der Waals surface area contributed by atoms with E-state index in [1.807, 2.05) is 12.1 Å². The molecule has 8 aromatic rings. The molecule has 4 aliphatic rings. The van der Waals surface area contributed by atoms with Crippen LogP contribution in [-0.4, -0.2) is 6.71 Å². The first-order chi connectivity index (χ1) is 34.9. The monoisotopic (exact) mass is 929 g/mol. The highest BCUT2D eigenvalue weighted by atomic mass is 15.2. The Morgan fingerprint density at radius 1 is 0.465 bits per heavy atom. The van der Waals surface area contributed by atoms with Crippen molar-refractivity contribution < 1.29 is 4.11 Å². The van der Waals surface area contributed by atoms with Crippen molar-refractivity contribution in [1.29, 1.82) is 0 Å². The van der Waals surface area contributed by atoms with Gasteiger partial charge in [-0.05, 0) is 181 Å². The van der Waals surface area contributed by atoms with Crippen molar-refractivity contribution in [1.82, 2.24) is 0 Å². The fraction of sp³-hybridized carbons (Fsp3) is 0.284. The van der Waals surface area contributed by atoms with Crippen LogP contribution in [0.15, 0.2) is 170 Å². The summed E-state index contributed by atoms with van der Waals surface area (Å²) in [4.78, 5) is 7.21. The van der Waals surface area contributed by atoms with Crippen LogP contribution in [0.25, 0.3) is 11.1 Å². The third-order valence-corrected chi connectivity index (χ3v) is 16.6. The summed E-state index contributed by atoms with van der Waals surface area (Å²) in [7, 11) is 0. The predicted molar refractivity (Wildman–Crippen MR) is 305 cm³/mol. The molecule has 2 aliphatic carbocycles. The lowest BCUT2D eigenvalue weighted by Crippen LogP contribution is -2.61. The van der Waals surface area contributed by atoms with E-state index in [1.165, 1.54) is 38.7 Å². The van der Waals surface area contributed by atoms with Crippen molar-refractivity contribution in [3.63, 3.8) is 0 Å². The molecule has 0 saturated carbocycles. The molecule has 0 spiro atoms. The number of nitrogens with zero attached hydrogens (tertiary/aromatic N) is 3. The summed E-state index contributed by atoms with van der Waals surface area (Å²) in [5.41, 5.74) is 21.6. The third-order valence-electron chi connectivity index (χ3n) is 16.6. The van der Waals surface area contributed by atoms with Gasteiger partial charge in [0.1, 0.15) is 0 Å². The molecule has 0 atom stereocenters. The second-order valence-corrected chi connectivity index (χ2v) is 24.7. The van der Waals surface area contributed by atoms with Gasteiger partial charge in [0.25, 0.3) is 6.71 Å². The first-order valence-corrected chi connectivity index (χ1v) is 25.8. The molecule has 0 radical (unpaired) electrons. The quantitative estimate of drug-likeness (QED) is 0.154. The van der Waals surface area contributed by atoms with Crippen molar-refractivity contribution in [2.75, 3.05) is 14.7 Å². The van der Waals surface area contributed by atoms with Gasteiger partial charge in [-0.2, -0.15) is 0 Å². The molecule has 3 nitrogen and oxygen atoms in total. The van der Waals surface area contributed by atoms with Gasteiger partial charge in [0.2, 0.25) is 0 Å². The zero-order valence-corrected chi connectivity index (χ0v) is 43.5. The molecule has 8 aromatic carbocycles. The number of fused-ring (bicyclic) bond motifs is 6. The topological polar surface area (TPSA) is 9.72 Å². The maximum absolute atomic E-state index is 9.30. The molecule has 0 saturated heterocycles. The highest BCUT2D eigenvalue weighted by Crippen LogP contribution is 2.55. The normalized spacial score (nSPS) is 18.1. The summed E-state index contributed by atoms with van der Waals surface area (Å²) < 4.78 is 27.9. The average Bonchev–Trinajstić information content (AvgIpc) is 3.67. The third kappa shape index (κ3) is 7.14. The molecule has 2 heterocycles. The van der Waals surface area contributed by atoms with Crippen LogP contribution in [0, 0.1) is 6.85 Å². The number of aryl methyl sites for hydroxylation is 1. The van der Waals surface area contributed by atoms with Crippen LogP contribution in [0.3, 0.4) is 0 Å². The van der Waals surface area contributed by atoms with Crippen LogP contribution < -0.4 is 31.1 Å². The van der Waals surface area contributed by atoms with Crippen LogP contribution in [0.2, 0.25) is 0 Å². The van der Waals surface area contributed by atoms with Crippen LogP contribution in [0.4, 0.5) is 51.2 Å². The molecule has 2 aliphatic heterocycles. The average molecular weight is 929 g/mol. The van der Waals surface area contributed by atoms with E-state index in [0.29, 0.717) is 5.56 Å². The molecule has 0 bridgehead atoms. The Labute approximate surface area is 428 Å². The number of hydrogen-bond donors (Lipinski definition) is 0. The van der Waals surface area contributed by atoms with Gasteiger partial charge < -0.3 is 14.7 Å². The molecular formula is C67H68BN3.